The van der Waals surface area contributed by atoms with Crippen molar-refractivity contribution in [2.45, 2.75) is 20.4 Å². The molecular weight excluding hydrogens is 244 g/mol. The topological polar surface area (TPSA) is 72.2 Å². The Labute approximate surface area is 110 Å². The Kier molecular flexibility index (Phi) is 3.46. The molecular formula is C14H14N2O3. The van der Waals surface area contributed by atoms with Crippen LogP contribution in [0.3, 0.4) is 0 Å². The van der Waals surface area contributed by atoms with Gasteiger partial charge in [0.05, 0.1) is 0 Å². The fourth-order valence-electron chi connectivity index (χ4n) is 1.80. The molecule has 0 bridgehead atoms. The third-order valence-corrected chi connectivity index (χ3v) is 2.85. The van der Waals surface area contributed by atoms with Crippen molar-refractivity contribution in [2.75, 3.05) is 0 Å². The van der Waals surface area contributed by atoms with E-state index < -0.39 is 5.97 Å². The Bertz CT molecular complexity index is 627. The lowest BCUT2D eigenvalue weighted by atomic mass is 10.2. The molecule has 2 aromatic heterocycles. The molecule has 0 aromatic carbocycles. The lowest BCUT2D eigenvalue weighted by Crippen LogP contribution is -2.08. The first-order valence-electron chi connectivity index (χ1n) is 5.83. The molecule has 0 saturated heterocycles. The van der Waals surface area contributed by atoms with Crippen LogP contribution < -0.4 is 0 Å². The van der Waals surface area contributed by atoms with Crippen LogP contribution in [0, 0.1) is 6.92 Å². The van der Waals surface area contributed by atoms with Crippen LogP contribution in [0.2, 0.25) is 0 Å². The van der Waals surface area contributed by atoms with Gasteiger partial charge in [0.2, 0.25) is 0 Å². The summed E-state index contributed by atoms with van der Waals surface area (Å²) < 4.78 is 1.55. The molecule has 0 atom stereocenters. The fraction of sp³-hybridized carbons (Fsp3) is 0.214. The maximum absolute atomic E-state index is 11.3. The number of aromatic nitrogens is 2. The van der Waals surface area contributed by atoms with Crippen molar-refractivity contribution in [2.24, 2.45) is 0 Å². The van der Waals surface area contributed by atoms with Gasteiger partial charge in [-0.25, -0.2) is 4.79 Å². The molecule has 0 aliphatic carbocycles. The molecule has 2 heterocycles. The van der Waals surface area contributed by atoms with Gasteiger partial charge in [-0.1, -0.05) is 6.07 Å². The average Bonchev–Trinajstić information content (AvgIpc) is 2.76. The molecule has 0 radical (unpaired) electrons. The number of carboxylic acids is 1. The maximum atomic E-state index is 11.3. The summed E-state index contributed by atoms with van der Waals surface area (Å²) >= 11 is 0. The number of carbonyl (C=O) groups excluding carboxylic acids is 1. The van der Waals surface area contributed by atoms with Crippen molar-refractivity contribution in [1.29, 1.82) is 0 Å². The van der Waals surface area contributed by atoms with Crippen LogP contribution in [0.4, 0.5) is 0 Å². The number of hydrogen-bond acceptors (Lipinski definition) is 3. The van der Waals surface area contributed by atoms with Crippen LogP contribution in [0.5, 0.6) is 0 Å². The van der Waals surface area contributed by atoms with Crippen molar-refractivity contribution in [3.63, 3.8) is 0 Å². The van der Waals surface area contributed by atoms with Crippen LogP contribution in [0.1, 0.15) is 39.0 Å². The Hall–Kier alpha value is -2.43. The van der Waals surface area contributed by atoms with Gasteiger partial charge in [0, 0.05) is 30.2 Å². The number of ketones is 1. The normalized spacial score (nSPS) is 10.4. The van der Waals surface area contributed by atoms with Gasteiger partial charge in [-0.2, -0.15) is 0 Å². The van der Waals surface area contributed by atoms with Gasteiger partial charge in [0.25, 0.3) is 0 Å². The minimum absolute atomic E-state index is 0.103. The smallest absolute Gasteiger partial charge is 0.352 e. The lowest BCUT2D eigenvalue weighted by Gasteiger charge is -2.06. The Balaban J connectivity index is 2.35. The SMILES string of the molecule is CC(=O)c1cc(C(=O)O)n(Cc2ccc(C)nc2)c1. The molecule has 0 amide bonds. The summed E-state index contributed by atoms with van der Waals surface area (Å²) in [5.41, 5.74) is 2.29. The average molecular weight is 258 g/mol. The number of pyridine rings is 1. The maximum Gasteiger partial charge on any atom is 0.352 e. The van der Waals surface area contributed by atoms with E-state index in [0.29, 0.717) is 12.1 Å². The van der Waals surface area contributed by atoms with E-state index in [1.54, 1.807) is 17.0 Å². The number of carboxylic acid groups (broad SMARTS) is 1. The van der Waals surface area contributed by atoms with Crippen molar-refractivity contribution < 1.29 is 14.7 Å². The number of Topliss-reactive ketones (excluding diaryl/α,β-unsaturated/α-hetero) is 1. The van der Waals surface area contributed by atoms with Crippen LogP contribution in [-0.2, 0) is 6.54 Å². The first-order chi connectivity index (χ1) is 8.97. The summed E-state index contributed by atoms with van der Waals surface area (Å²) in [6.45, 7) is 3.68. The van der Waals surface area contributed by atoms with Gasteiger partial charge in [-0.05, 0) is 31.5 Å². The largest absolute Gasteiger partial charge is 0.477 e. The summed E-state index contributed by atoms with van der Waals surface area (Å²) in [5, 5.41) is 9.14. The highest BCUT2D eigenvalue weighted by molar-refractivity contribution is 5.97. The molecule has 0 aliphatic rings. The summed E-state index contributed by atoms with van der Waals surface area (Å²) in [4.78, 5) is 26.6. The summed E-state index contributed by atoms with van der Waals surface area (Å²) in [6.07, 6.45) is 3.26. The predicted molar refractivity (Wildman–Crippen MR) is 69.5 cm³/mol. The van der Waals surface area contributed by atoms with E-state index in [-0.39, 0.29) is 11.5 Å². The zero-order valence-electron chi connectivity index (χ0n) is 10.8. The molecule has 0 unspecified atom stereocenters. The third-order valence-electron chi connectivity index (χ3n) is 2.85. The number of hydrogen-bond donors (Lipinski definition) is 1. The molecule has 19 heavy (non-hydrogen) atoms. The highest BCUT2D eigenvalue weighted by Gasteiger charge is 2.14. The molecule has 0 saturated carbocycles. The van der Waals surface area contributed by atoms with E-state index in [1.807, 2.05) is 19.1 Å². The van der Waals surface area contributed by atoms with Crippen LogP contribution in [0.15, 0.2) is 30.6 Å². The quantitative estimate of drug-likeness (QED) is 0.853. The first-order valence-corrected chi connectivity index (χ1v) is 5.83. The minimum atomic E-state index is -1.05. The number of aryl methyl sites for hydroxylation is 1. The summed E-state index contributed by atoms with van der Waals surface area (Å²) in [6, 6.07) is 5.15. The summed E-state index contributed by atoms with van der Waals surface area (Å²) in [7, 11) is 0. The molecule has 1 N–H and O–H groups in total. The second-order valence-corrected chi connectivity index (χ2v) is 4.41. The molecule has 0 spiro atoms. The van der Waals surface area contributed by atoms with Crippen molar-refractivity contribution in [1.82, 2.24) is 9.55 Å². The van der Waals surface area contributed by atoms with E-state index >= 15 is 0 Å². The van der Waals surface area contributed by atoms with Gasteiger partial charge in [-0.15, -0.1) is 0 Å². The second-order valence-electron chi connectivity index (χ2n) is 4.41. The van der Waals surface area contributed by atoms with E-state index in [2.05, 4.69) is 4.98 Å². The second kappa shape index (κ2) is 5.06. The van der Waals surface area contributed by atoms with Crippen LogP contribution in [0.25, 0.3) is 0 Å². The predicted octanol–water partition coefficient (Wildman–Crippen LogP) is 2.14. The molecule has 5 nitrogen and oxygen atoms in total. The van der Waals surface area contributed by atoms with Gasteiger partial charge in [0.1, 0.15) is 5.69 Å². The Morgan fingerprint density at radius 2 is 2.11 bits per heavy atom. The highest BCUT2D eigenvalue weighted by Crippen LogP contribution is 2.12. The van der Waals surface area contributed by atoms with Crippen LogP contribution in [-0.4, -0.2) is 26.4 Å². The minimum Gasteiger partial charge on any atom is -0.477 e. The zero-order valence-corrected chi connectivity index (χ0v) is 10.8. The van der Waals surface area contributed by atoms with Gasteiger partial charge in [-0.3, -0.25) is 9.78 Å². The van der Waals surface area contributed by atoms with E-state index in [0.717, 1.165) is 11.3 Å². The Morgan fingerprint density at radius 1 is 1.37 bits per heavy atom. The standard InChI is InChI=1S/C14H14N2O3/c1-9-3-4-11(6-15-9)7-16-8-12(10(2)17)5-13(16)14(18)19/h3-6,8H,7H2,1-2H3,(H,18,19). The molecule has 0 fully saturated rings. The fourth-order valence-corrected chi connectivity index (χ4v) is 1.80. The van der Waals surface area contributed by atoms with Gasteiger partial charge in [0.15, 0.2) is 5.78 Å². The number of aromatic carboxylic acids is 1. The summed E-state index contributed by atoms with van der Waals surface area (Å²) in [5.74, 6) is -1.20. The zero-order chi connectivity index (χ0) is 14.0. The monoisotopic (exact) mass is 258 g/mol. The number of nitrogens with zero attached hydrogens (tertiary/aromatic N) is 2. The molecule has 5 heteroatoms. The molecule has 98 valence electrons. The number of rotatable bonds is 4. The van der Waals surface area contributed by atoms with Crippen molar-refractivity contribution >= 4 is 11.8 Å². The Morgan fingerprint density at radius 3 is 2.63 bits per heavy atom. The number of carbonyl (C=O) groups is 2. The van der Waals surface area contributed by atoms with E-state index in [9.17, 15) is 9.59 Å². The van der Waals surface area contributed by atoms with Crippen LogP contribution >= 0.6 is 0 Å². The van der Waals surface area contributed by atoms with Crippen molar-refractivity contribution in [3.05, 3.63) is 53.1 Å². The molecule has 2 rings (SSSR count). The van der Waals surface area contributed by atoms with E-state index in [4.69, 9.17) is 5.11 Å². The third kappa shape index (κ3) is 2.88. The molecule has 2 aromatic rings. The van der Waals surface area contributed by atoms with Gasteiger partial charge >= 0.3 is 5.97 Å². The molecule has 0 aliphatic heterocycles. The van der Waals surface area contributed by atoms with E-state index in [1.165, 1.54) is 13.0 Å². The first kappa shape index (κ1) is 13.0. The van der Waals surface area contributed by atoms with Crippen molar-refractivity contribution in [3.8, 4) is 0 Å². The van der Waals surface area contributed by atoms with Gasteiger partial charge < -0.3 is 9.67 Å². The highest BCUT2D eigenvalue weighted by atomic mass is 16.4. The lowest BCUT2D eigenvalue weighted by molar-refractivity contribution is 0.0685.